The van der Waals surface area contributed by atoms with Crippen molar-refractivity contribution in [2.24, 2.45) is 0 Å². The van der Waals surface area contributed by atoms with E-state index in [1.807, 2.05) is 37.3 Å². The van der Waals surface area contributed by atoms with Gasteiger partial charge in [0.2, 0.25) is 0 Å². The first kappa shape index (κ1) is 24.4. The van der Waals surface area contributed by atoms with Crippen LogP contribution in [0.3, 0.4) is 0 Å². The van der Waals surface area contributed by atoms with Crippen LogP contribution in [0.4, 0.5) is 5.69 Å². The van der Waals surface area contributed by atoms with Gasteiger partial charge >= 0.3 is 0 Å². The number of carbonyl (C=O) groups excluding carboxylic acids is 1. The number of hydrogen-bond acceptors (Lipinski definition) is 5. The predicted octanol–water partition coefficient (Wildman–Crippen LogP) is 6.37. The highest BCUT2D eigenvalue weighted by molar-refractivity contribution is 6.09. The topological polar surface area (TPSA) is 80.6 Å². The number of rotatable bonds is 9. The molecule has 180 valence electrons. The molecule has 0 heterocycles. The molecule has 1 amide bonds. The maximum absolute atomic E-state index is 12.8. The van der Waals surface area contributed by atoms with Crippen LogP contribution < -0.4 is 19.5 Å². The molecule has 0 aliphatic carbocycles. The van der Waals surface area contributed by atoms with Gasteiger partial charge in [0.1, 0.15) is 35.5 Å². The molecule has 6 heteroatoms. The Bertz CT molecular complexity index is 1430. The summed E-state index contributed by atoms with van der Waals surface area (Å²) in [5, 5.41) is 14.7. The third-order valence-corrected chi connectivity index (χ3v) is 5.57. The molecule has 36 heavy (non-hydrogen) atoms. The molecule has 0 spiro atoms. The van der Waals surface area contributed by atoms with Crippen LogP contribution in [-0.4, -0.2) is 19.6 Å². The molecule has 0 aliphatic rings. The van der Waals surface area contributed by atoms with Crippen LogP contribution in [0.5, 0.6) is 17.2 Å². The number of anilines is 1. The van der Waals surface area contributed by atoms with E-state index >= 15 is 0 Å². The standard InChI is InChI=1S/C30H26N2O4/c1-3-35-26-15-12-25(13-16-26)32-30(33)24(19-31)17-22-11-14-27(34-2)18-29(22)36-20-23-9-6-8-21-7-4-5-10-28(21)23/h4-18H,3,20H2,1-2H3,(H,32,33)/b24-17+. The number of methoxy groups -OCH3 is 1. The fourth-order valence-corrected chi connectivity index (χ4v) is 3.76. The summed E-state index contributed by atoms with van der Waals surface area (Å²) >= 11 is 0. The monoisotopic (exact) mass is 478 g/mol. The summed E-state index contributed by atoms with van der Waals surface area (Å²) in [7, 11) is 1.57. The second-order valence-electron chi connectivity index (χ2n) is 7.91. The molecule has 0 saturated heterocycles. The number of carbonyl (C=O) groups is 1. The van der Waals surface area contributed by atoms with Gasteiger partial charge in [-0.05, 0) is 65.7 Å². The van der Waals surface area contributed by atoms with Gasteiger partial charge in [0.05, 0.1) is 13.7 Å². The first-order chi connectivity index (χ1) is 17.6. The van der Waals surface area contributed by atoms with Crippen molar-refractivity contribution in [3.63, 3.8) is 0 Å². The number of fused-ring (bicyclic) bond motifs is 1. The molecule has 0 aromatic heterocycles. The molecule has 1 N–H and O–H groups in total. The molecule has 0 atom stereocenters. The Morgan fingerprint density at radius 2 is 1.69 bits per heavy atom. The minimum Gasteiger partial charge on any atom is -0.497 e. The van der Waals surface area contributed by atoms with Crippen LogP contribution in [0.15, 0.2) is 90.5 Å². The number of nitrogens with zero attached hydrogens (tertiary/aromatic N) is 1. The normalized spacial score (nSPS) is 11.0. The molecule has 0 fully saturated rings. The van der Waals surface area contributed by atoms with Gasteiger partial charge in [0.25, 0.3) is 5.91 Å². The van der Waals surface area contributed by atoms with Gasteiger partial charge in [-0.1, -0.05) is 42.5 Å². The Hall–Kier alpha value is -4.76. The van der Waals surface area contributed by atoms with E-state index in [0.29, 0.717) is 41.7 Å². The average Bonchev–Trinajstić information content (AvgIpc) is 2.92. The van der Waals surface area contributed by atoms with E-state index in [4.69, 9.17) is 14.2 Å². The van der Waals surface area contributed by atoms with Crippen molar-refractivity contribution in [2.75, 3.05) is 19.0 Å². The van der Waals surface area contributed by atoms with Crippen LogP contribution in [0.1, 0.15) is 18.1 Å². The lowest BCUT2D eigenvalue weighted by atomic mass is 10.1. The van der Waals surface area contributed by atoms with Crippen molar-refractivity contribution >= 4 is 28.4 Å². The second-order valence-corrected chi connectivity index (χ2v) is 7.91. The zero-order chi connectivity index (χ0) is 25.3. The molecule has 0 unspecified atom stereocenters. The van der Waals surface area contributed by atoms with Crippen molar-refractivity contribution in [1.82, 2.24) is 0 Å². The van der Waals surface area contributed by atoms with Crippen LogP contribution >= 0.6 is 0 Å². The van der Waals surface area contributed by atoms with Gasteiger partial charge in [-0.2, -0.15) is 5.26 Å². The fourth-order valence-electron chi connectivity index (χ4n) is 3.76. The first-order valence-corrected chi connectivity index (χ1v) is 11.5. The van der Waals surface area contributed by atoms with E-state index in [0.717, 1.165) is 16.3 Å². The van der Waals surface area contributed by atoms with Crippen LogP contribution in [0.25, 0.3) is 16.8 Å². The maximum Gasteiger partial charge on any atom is 0.266 e. The highest BCUT2D eigenvalue weighted by atomic mass is 16.5. The zero-order valence-corrected chi connectivity index (χ0v) is 20.2. The number of benzene rings is 4. The first-order valence-electron chi connectivity index (χ1n) is 11.5. The van der Waals surface area contributed by atoms with Crippen molar-refractivity contribution in [2.45, 2.75) is 13.5 Å². The number of amides is 1. The van der Waals surface area contributed by atoms with Crippen LogP contribution in [0.2, 0.25) is 0 Å². The van der Waals surface area contributed by atoms with E-state index < -0.39 is 5.91 Å². The molecule has 4 rings (SSSR count). The largest absolute Gasteiger partial charge is 0.497 e. The summed E-state index contributed by atoms with van der Waals surface area (Å²) < 4.78 is 17.0. The molecule has 6 nitrogen and oxygen atoms in total. The average molecular weight is 479 g/mol. The maximum atomic E-state index is 12.8. The number of ether oxygens (including phenoxy) is 3. The Morgan fingerprint density at radius 1 is 0.944 bits per heavy atom. The Labute approximate surface area is 210 Å². The van der Waals surface area contributed by atoms with Gasteiger partial charge in [0, 0.05) is 17.3 Å². The van der Waals surface area contributed by atoms with E-state index in [1.54, 1.807) is 49.6 Å². The number of nitrogens with one attached hydrogen (secondary N) is 1. The minimum absolute atomic E-state index is 0.0518. The van der Waals surface area contributed by atoms with E-state index in [-0.39, 0.29) is 5.57 Å². The van der Waals surface area contributed by atoms with Crippen molar-refractivity contribution in [3.05, 3.63) is 102 Å². The van der Waals surface area contributed by atoms with Gasteiger partial charge in [-0.25, -0.2) is 0 Å². The van der Waals surface area contributed by atoms with Gasteiger partial charge in [-0.3, -0.25) is 4.79 Å². The molecule has 4 aromatic carbocycles. The summed E-state index contributed by atoms with van der Waals surface area (Å²) in [6, 6.07) is 28.4. The lowest BCUT2D eigenvalue weighted by molar-refractivity contribution is -0.112. The fraction of sp³-hybridized carbons (Fsp3) is 0.133. The lowest BCUT2D eigenvalue weighted by Crippen LogP contribution is -2.13. The molecule has 0 aliphatic heterocycles. The summed E-state index contributed by atoms with van der Waals surface area (Å²) in [6.45, 7) is 2.77. The Balaban J connectivity index is 1.57. The van der Waals surface area contributed by atoms with Crippen molar-refractivity contribution < 1.29 is 19.0 Å². The Kier molecular flexibility index (Phi) is 7.84. The van der Waals surface area contributed by atoms with Crippen molar-refractivity contribution in [3.8, 4) is 23.3 Å². The van der Waals surface area contributed by atoms with Crippen molar-refractivity contribution in [1.29, 1.82) is 5.26 Å². The Morgan fingerprint density at radius 3 is 2.44 bits per heavy atom. The summed E-state index contributed by atoms with van der Waals surface area (Å²) in [4.78, 5) is 12.8. The number of nitriles is 1. The summed E-state index contributed by atoms with van der Waals surface area (Å²) in [5.74, 6) is 1.30. The quantitative estimate of drug-likeness (QED) is 0.223. The highest BCUT2D eigenvalue weighted by Gasteiger charge is 2.13. The number of hydrogen-bond donors (Lipinski definition) is 1. The SMILES string of the molecule is CCOc1ccc(NC(=O)/C(C#N)=C/c2ccc(OC)cc2OCc2cccc3ccccc23)cc1. The summed E-state index contributed by atoms with van der Waals surface area (Å²) in [6.07, 6.45) is 1.52. The van der Waals surface area contributed by atoms with Crippen LogP contribution in [-0.2, 0) is 11.4 Å². The van der Waals surface area contributed by atoms with Gasteiger partial charge in [0.15, 0.2) is 0 Å². The second kappa shape index (κ2) is 11.6. The molecular weight excluding hydrogens is 452 g/mol. The van der Waals surface area contributed by atoms with Crippen LogP contribution in [0, 0.1) is 11.3 Å². The molecule has 0 bridgehead atoms. The zero-order valence-electron chi connectivity index (χ0n) is 20.2. The third kappa shape index (κ3) is 5.83. The molecular formula is C30H26N2O4. The molecule has 0 saturated carbocycles. The highest BCUT2D eigenvalue weighted by Crippen LogP contribution is 2.29. The minimum atomic E-state index is -0.516. The van der Waals surface area contributed by atoms with E-state index in [9.17, 15) is 10.1 Å². The molecule has 0 radical (unpaired) electrons. The third-order valence-electron chi connectivity index (χ3n) is 5.57. The lowest BCUT2D eigenvalue weighted by Gasteiger charge is -2.13. The van der Waals surface area contributed by atoms with E-state index in [2.05, 4.69) is 23.5 Å². The van der Waals surface area contributed by atoms with E-state index in [1.165, 1.54) is 6.08 Å². The van der Waals surface area contributed by atoms with Gasteiger partial charge in [-0.15, -0.1) is 0 Å². The molecule has 4 aromatic rings. The summed E-state index contributed by atoms with van der Waals surface area (Å²) in [5.41, 5.74) is 2.13. The smallest absolute Gasteiger partial charge is 0.266 e. The predicted molar refractivity (Wildman–Crippen MR) is 141 cm³/mol. The van der Waals surface area contributed by atoms with Gasteiger partial charge < -0.3 is 19.5 Å².